The number of nitrogens with one attached hydrogen (secondary N) is 2. The molecule has 7 nitrogen and oxygen atoms in total. The largest absolute Gasteiger partial charge is 0.325 e. The predicted octanol–water partition coefficient (Wildman–Crippen LogP) is 4.13. The van der Waals surface area contributed by atoms with E-state index in [1.54, 1.807) is 48.5 Å². The third-order valence-electron chi connectivity index (χ3n) is 4.65. The van der Waals surface area contributed by atoms with Gasteiger partial charge < -0.3 is 5.32 Å². The Morgan fingerprint density at radius 3 is 2.38 bits per heavy atom. The molecule has 0 atom stereocenters. The summed E-state index contributed by atoms with van der Waals surface area (Å²) in [6, 6.07) is 22.8. The fourth-order valence-electron chi connectivity index (χ4n) is 3.11. The number of imide groups is 1. The number of aromatic nitrogens is 2. The summed E-state index contributed by atoms with van der Waals surface area (Å²) >= 11 is 1.09. The van der Waals surface area contributed by atoms with Crippen LogP contribution < -0.4 is 16.2 Å². The number of thioether (sulfide) groups is 1. The number of hydrogen-bond acceptors (Lipinski definition) is 5. The van der Waals surface area contributed by atoms with Gasteiger partial charge in [0, 0.05) is 5.69 Å². The topological polar surface area (TPSA) is 93.1 Å². The van der Waals surface area contributed by atoms with Crippen LogP contribution in [0, 0.1) is 6.92 Å². The van der Waals surface area contributed by atoms with Crippen molar-refractivity contribution in [2.45, 2.75) is 12.1 Å². The van der Waals surface area contributed by atoms with Crippen LogP contribution in [0.5, 0.6) is 0 Å². The second-order valence-corrected chi connectivity index (χ2v) is 7.99. The molecule has 32 heavy (non-hydrogen) atoms. The molecular weight excluding hydrogens is 424 g/mol. The smallest absolute Gasteiger partial charge is 0.308 e. The molecule has 160 valence electrons. The number of carbonyl (C=O) groups is 2. The van der Waals surface area contributed by atoms with Gasteiger partial charge in [-0.2, -0.15) is 0 Å². The van der Waals surface area contributed by atoms with Gasteiger partial charge in [-0.15, -0.1) is 0 Å². The van der Waals surface area contributed by atoms with Gasteiger partial charge in [-0.05, 0) is 43.3 Å². The van der Waals surface area contributed by atoms with Crippen molar-refractivity contribution in [3.8, 4) is 5.69 Å². The summed E-state index contributed by atoms with van der Waals surface area (Å²) < 4.78 is 1.49. The zero-order valence-electron chi connectivity index (χ0n) is 17.2. The van der Waals surface area contributed by atoms with Crippen molar-refractivity contribution >= 4 is 40.3 Å². The minimum absolute atomic E-state index is 0.0845. The van der Waals surface area contributed by atoms with E-state index in [0.717, 1.165) is 17.3 Å². The molecule has 0 aliphatic rings. The summed E-state index contributed by atoms with van der Waals surface area (Å²) in [6.07, 6.45) is 0. The van der Waals surface area contributed by atoms with Crippen LogP contribution in [0.25, 0.3) is 16.6 Å². The number of hydrogen-bond donors (Lipinski definition) is 2. The number of nitrogens with zero attached hydrogens (tertiary/aromatic N) is 2. The van der Waals surface area contributed by atoms with Crippen LogP contribution in [0.4, 0.5) is 10.5 Å². The van der Waals surface area contributed by atoms with Gasteiger partial charge in [0.15, 0.2) is 5.16 Å². The normalized spacial score (nSPS) is 10.7. The van der Waals surface area contributed by atoms with E-state index in [0.29, 0.717) is 27.4 Å². The van der Waals surface area contributed by atoms with E-state index in [-0.39, 0.29) is 11.3 Å². The number of urea groups is 1. The summed E-state index contributed by atoms with van der Waals surface area (Å²) in [4.78, 5) is 42.2. The zero-order chi connectivity index (χ0) is 22.5. The maximum absolute atomic E-state index is 13.2. The first-order chi connectivity index (χ1) is 15.5. The Morgan fingerprint density at radius 2 is 1.62 bits per heavy atom. The lowest BCUT2D eigenvalue weighted by Gasteiger charge is -2.13. The molecule has 0 radical (unpaired) electrons. The third kappa shape index (κ3) is 4.87. The molecule has 0 saturated heterocycles. The van der Waals surface area contributed by atoms with Crippen LogP contribution in [0.15, 0.2) is 88.8 Å². The third-order valence-corrected chi connectivity index (χ3v) is 5.59. The van der Waals surface area contributed by atoms with Gasteiger partial charge >= 0.3 is 6.03 Å². The quantitative estimate of drug-likeness (QED) is 0.357. The molecule has 3 amide bonds. The van der Waals surface area contributed by atoms with Crippen molar-refractivity contribution in [1.29, 1.82) is 0 Å². The first-order valence-electron chi connectivity index (χ1n) is 9.89. The highest BCUT2D eigenvalue weighted by Crippen LogP contribution is 2.21. The number of rotatable bonds is 5. The van der Waals surface area contributed by atoms with Gasteiger partial charge in [0.25, 0.3) is 5.56 Å². The summed E-state index contributed by atoms with van der Waals surface area (Å²) in [6.45, 7) is 1.96. The molecule has 2 N–H and O–H groups in total. The number of benzene rings is 3. The maximum atomic E-state index is 13.2. The molecule has 0 bridgehead atoms. The monoisotopic (exact) mass is 444 g/mol. The fraction of sp³-hybridized carbons (Fsp3) is 0.0833. The van der Waals surface area contributed by atoms with Gasteiger partial charge in [0.05, 0.1) is 22.3 Å². The van der Waals surface area contributed by atoms with Gasteiger partial charge in [-0.25, -0.2) is 9.78 Å². The highest BCUT2D eigenvalue weighted by molar-refractivity contribution is 7.99. The van der Waals surface area contributed by atoms with Crippen molar-refractivity contribution in [1.82, 2.24) is 14.9 Å². The number of carbonyl (C=O) groups excluding carboxylic acids is 2. The Bertz CT molecular complexity index is 1340. The van der Waals surface area contributed by atoms with E-state index in [1.807, 2.05) is 37.3 Å². The minimum Gasteiger partial charge on any atom is -0.308 e. The van der Waals surface area contributed by atoms with Crippen molar-refractivity contribution in [2.75, 3.05) is 11.1 Å². The summed E-state index contributed by atoms with van der Waals surface area (Å²) in [5.74, 6) is -0.583. The molecule has 3 aromatic carbocycles. The summed E-state index contributed by atoms with van der Waals surface area (Å²) in [5, 5.41) is 5.75. The van der Waals surface area contributed by atoms with Gasteiger partial charge in [0.2, 0.25) is 5.91 Å². The predicted molar refractivity (Wildman–Crippen MR) is 126 cm³/mol. The number of aryl methyl sites for hydroxylation is 1. The van der Waals surface area contributed by atoms with E-state index >= 15 is 0 Å². The second kappa shape index (κ2) is 9.49. The highest BCUT2D eigenvalue weighted by atomic mass is 32.2. The van der Waals surface area contributed by atoms with Crippen LogP contribution in [-0.2, 0) is 4.79 Å². The Balaban J connectivity index is 1.56. The lowest BCUT2D eigenvalue weighted by atomic mass is 10.2. The second-order valence-electron chi connectivity index (χ2n) is 7.04. The molecular formula is C24H20N4O3S. The Hall–Kier alpha value is -3.91. The Labute approximate surface area is 188 Å². The van der Waals surface area contributed by atoms with Crippen LogP contribution in [0.2, 0.25) is 0 Å². The van der Waals surface area contributed by atoms with E-state index in [1.165, 1.54) is 4.57 Å². The van der Waals surface area contributed by atoms with Crippen molar-refractivity contribution in [2.24, 2.45) is 0 Å². The van der Waals surface area contributed by atoms with Gasteiger partial charge in [-0.1, -0.05) is 59.8 Å². The molecule has 0 saturated carbocycles. The average Bonchev–Trinajstić information content (AvgIpc) is 2.79. The molecule has 0 aliphatic carbocycles. The number of amides is 3. The molecule has 1 aromatic heterocycles. The lowest BCUT2D eigenvalue weighted by molar-refractivity contribution is -0.117. The van der Waals surface area contributed by atoms with Crippen molar-refractivity contribution in [3.63, 3.8) is 0 Å². The van der Waals surface area contributed by atoms with E-state index in [4.69, 9.17) is 0 Å². The molecule has 4 aromatic rings. The van der Waals surface area contributed by atoms with Crippen LogP contribution in [-0.4, -0.2) is 27.2 Å². The van der Waals surface area contributed by atoms with Crippen LogP contribution in [0.1, 0.15) is 5.56 Å². The molecule has 0 aliphatic heterocycles. The minimum atomic E-state index is -0.621. The van der Waals surface area contributed by atoms with Crippen molar-refractivity contribution < 1.29 is 9.59 Å². The lowest BCUT2D eigenvalue weighted by Crippen LogP contribution is -2.35. The highest BCUT2D eigenvalue weighted by Gasteiger charge is 2.16. The van der Waals surface area contributed by atoms with Crippen LogP contribution >= 0.6 is 11.8 Å². The maximum Gasteiger partial charge on any atom is 0.325 e. The number of fused-ring (bicyclic) bond motifs is 1. The molecule has 8 heteroatoms. The molecule has 0 fully saturated rings. The Kier molecular flexibility index (Phi) is 6.32. The first kappa shape index (κ1) is 21.3. The summed E-state index contributed by atoms with van der Waals surface area (Å²) in [5.41, 5.74) is 2.63. The van der Waals surface area contributed by atoms with Gasteiger partial charge in [0.1, 0.15) is 0 Å². The van der Waals surface area contributed by atoms with E-state index in [2.05, 4.69) is 15.6 Å². The molecule has 0 unspecified atom stereocenters. The number of anilines is 1. The number of para-hydroxylation sites is 2. The average molecular weight is 445 g/mol. The van der Waals surface area contributed by atoms with Crippen molar-refractivity contribution in [3.05, 3.63) is 94.8 Å². The Morgan fingerprint density at radius 1 is 0.938 bits per heavy atom. The molecule has 1 heterocycles. The van der Waals surface area contributed by atoms with Gasteiger partial charge in [-0.3, -0.25) is 19.5 Å². The molecule has 4 rings (SSSR count). The SMILES string of the molecule is Cc1ccc(-n2c(SCC(=O)NC(=O)Nc3ccccc3)nc3ccccc3c2=O)cc1. The van der Waals surface area contributed by atoms with E-state index in [9.17, 15) is 14.4 Å². The standard InChI is InChI=1S/C24H20N4O3S/c1-16-11-13-18(14-12-16)28-22(30)19-9-5-6-10-20(19)26-24(28)32-15-21(29)27-23(31)25-17-7-3-2-4-8-17/h2-14H,15H2,1H3,(H2,25,27,29,31). The fourth-order valence-corrected chi connectivity index (χ4v) is 3.92. The van der Waals surface area contributed by atoms with Crippen LogP contribution in [0.3, 0.4) is 0 Å². The zero-order valence-corrected chi connectivity index (χ0v) is 18.1. The first-order valence-corrected chi connectivity index (χ1v) is 10.9. The molecule has 0 spiro atoms. The summed E-state index contributed by atoms with van der Waals surface area (Å²) in [7, 11) is 0. The van der Waals surface area contributed by atoms with E-state index < -0.39 is 11.9 Å².